The van der Waals surface area contributed by atoms with Crippen LogP contribution in [0.1, 0.15) is 5.56 Å². The first-order valence-corrected chi connectivity index (χ1v) is 9.10. The zero-order chi connectivity index (χ0) is 18.6. The number of hydrogen-bond donors (Lipinski definition) is 0. The van der Waals surface area contributed by atoms with Gasteiger partial charge in [-0.15, -0.1) is 0 Å². The van der Waals surface area contributed by atoms with E-state index in [0.717, 1.165) is 32.7 Å². The Morgan fingerprint density at radius 3 is 1.93 bits per heavy atom. The number of benzene rings is 2. The molecular weight excluding hydrogens is 356 g/mol. The number of aromatic nitrogens is 2. The maximum atomic E-state index is 11.3. The monoisotopic (exact) mass is 373 g/mol. The van der Waals surface area contributed by atoms with Crippen molar-refractivity contribution in [3.8, 4) is 22.4 Å². The van der Waals surface area contributed by atoms with Crippen molar-refractivity contribution in [2.24, 2.45) is 0 Å². The van der Waals surface area contributed by atoms with E-state index < -0.39 is 0 Å². The first kappa shape index (κ1) is 17.3. The second-order valence-corrected chi connectivity index (χ2v) is 6.72. The highest BCUT2D eigenvalue weighted by Crippen LogP contribution is 2.27. The van der Waals surface area contributed by atoms with Gasteiger partial charge in [0.05, 0.1) is 0 Å². The van der Waals surface area contributed by atoms with Crippen LogP contribution in [0.3, 0.4) is 0 Å². The van der Waals surface area contributed by atoms with E-state index in [9.17, 15) is 5.21 Å². The fourth-order valence-electron chi connectivity index (χ4n) is 3.13. The molecule has 0 spiro atoms. The molecule has 0 unspecified atom stereocenters. The van der Waals surface area contributed by atoms with Crippen molar-refractivity contribution in [1.29, 1.82) is 0 Å². The Labute approximate surface area is 163 Å². The van der Waals surface area contributed by atoms with Gasteiger partial charge in [0, 0.05) is 35.4 Å². The molecule has 0 amide bonds. The maximum Gasteiger partial charge on any atom is 0.276 e. The summed E-state index contributed by atoms with van der Waals surface area (Å²) in [6.45, 7) is 0.582. The highest BCUT2D eigenvalue weighted by atomic mass is 35.5. The van der Waals surface area contributed by atoms with Crippen LogP contribution in [0, 0.1) is 5.21 Å². The summed E-state index contributed by atoms with van der Waals surface area (Å²) in [7, 11) is 0. The summed E-state index contributed by atoms with van der Waals surface area (Å²) in [5.74, 6) is 0. The molecule has 2 aromatic heterocycles. The lowest BCUT2D eigenvalue weighted by Crippen LogP contribution is -2.38. The molecule has 0 N–H and O–H groups in total. The second kappa shape index (κ2) is 7.60. The molecule has 2 heterocycles. The first-order chi connectivity index (χ1) is 13.2. The van der Waals surface area contributed by atoms with Gasteiger partial charge in [-0.25, -0.2) is 0 Å². The minimum atomic E-state index is 0.582. The van der Waals surface area contributed by atoms with E-state index in [1.165, 1.54) is 12.4 Å². The van der Waals surface area contributed by atoms with Gasteiger partial charge in [-0.3, -0.25) is 0 Å². The van der Waals surface area contributed by atoms with E-state index in [4.69, 9.17) is 11.6 Å². The molecule has 3 nitrogen and oxygen atoms in total. The van der Waals surface area contributed by atoms with Crippen LogP contribution in [0.5, 0.6) is 0 Å². The smallest absolute Gasteiger partial charge is 0.276 e. The molecule has 27 heavy (non-hydrogen) atoms. The normalized spacial score (nSPS) is 10.7. The van der Waals surface area contributed by atoms with Crippen LogP contribution in [0.15, 0.2) is 97.3 Å². The second-order valence-electron chi connectivity index (χ2n) is 6.34. The van der Waals surface area contributed by atoms with E-state index in [1.807, 2.05) is 54.6 Å². The summed E-state index contributed by atoms with van der Waals surface area (Å²) in [4.78, 5) is 0. The van der Waals surface area contributed by atoms with Crippen molar-refractivity contribution in [2.45, 2.75) is 6.54 Å². The number of nitrogens with zero attached hydrogens (tertiary/aromatic N) is 2. The molecule has 0 aliphatic rings. The van der Waals surface area contributed by atoms with Crippen LogP contribution in [-0.2, 0) is 6.54 Å². The van der Waals surface area contributed by atoms with Crippen molar-refractivity contribution >= 4 is 11.6 Å². The average Bonchev–Trinajstić information content (AvgIpc) is 2.72. The quantitative estimate of drug-likeness (QED) is 0.291. The lowest BCUT2D eigenvalue weighted by Gasteiger charge is -2.09. The summed E-state index contributed by atoms with van der Waals surface area (Å²) < 4.78 is 2.85. The van der Waals surface area contributed by atoms with Gasteiger partial charge in [-0.1, -0.05) is 48.5 Å². The third-order valence-electron chi connectivity index (χ3n) is 4.50. The van der Waals surface area contributed by atoms with Crippen molar-refractivity contribution in [3.05, 3.63) is 113 Å². The Hall–Kier alpha value is -3.17. The summed E-state index contributed by atoms with van der Waals surface area (Å²) in [6, 6.07) is 28.2. The van der Waals surface area contributed by atoms with Gasteiger partial charge in [-0.2, -0.15) is 9.30 Å². The summed E-state index contributed by atoms with van der Waals surface area (Å²) >= 11 is 6.71. The lowest BCUT2D eigenvalue weighted by molar-refractivity contribution is -0.675. The van der Waals surface area contributed by atoms with E-state index in [2.05, 4.69) is 34.9 Å². The molecule has 0 fully saturated rings. The topological polar surface area (TPSA) is 30.8 Å². The first-order valence-electron chi connectivity index (χ1n) is 8.73. The van der Waals surface area contributed by atoms with Gasteiger partial charge in [0.25, 0.3) is 5.15 Å². The number of hydrogen-bond acceptors (Lipinski definition) is 1. The van der Waals surface area contributed by atoms with E-state index >= 15 is 0 Å². The largest absolute Gasteiger partial charge is 0.619 e. The molecule has 4 heteroatoms. The summed E-state index contributed by atoms with van der Waals surface area (Å²) in [5.41, 5.74) is 5.32. The lowest BCUT2D eigenvalue weighted by atomic mass is 10.0. The van der Waals surface area contributed by atoms with Crippen molar-refractivity contribution in [1.82, 2.24) is 0 Å². The molecule has 0 aliphatic carbocycles. The van der Waals surface area contributed by atoms with E-state index in [-0.39, 0.29) is 0 Å². The Morgan fingerprint density at radius 2 is 1.30 bits per heavy atom. The number of halogens is 1. The van der Waals surface area contributed by atoms with Crippen LogP contribution in [0.25, 0.3) is 22.4 Å². The predicted molar refractivity (Wildman–Crippen MR) is 107 cm³/mol. The molecule has 132 valence electrons. The SMILES string of the molecule is [O-][n+]1ccc(C[n+]2c(Cl)cc(-c3ccccc3)cc2-c2ccccc2)cc1. The van der Waals surface area contributed by atoms with E-state index in [0.29, 0.717) is 11.7 Å². The van der Waals surface area contributed by atoms with Crippen molar-refractivity contribution < 1.29 is 9.30 Å². The van der Waals surface area contributed by atoms with Gasteiger partial charge in [0.1, 0.15) is 0 Å². The Balaban J connectivity index is 1.85. The number of rotatable bonds is 4. The molecule has 0 radical (unpaired) electrons. The third kappa shape index (κ3) is 3.83. The van der Waals surface area contributed by atoms with Crippen LogP contribution in [0.4, 0.5) is 0 Å². The van der Waals surface area contributed by atoms with Crippen LogP contribution < -0.4 is 9.30 Å². The van der Waals surface area contributed by atoms with Gasteiger partial charge < -0.3 is 5.21 Å². The van der Waals surface area contributed by atoms with Crippen molar-refractivity contribution in [3.63, 3.8) is 0 Å². The fourth-order valence-corrected chi connectivity index (χ4v) is 3.39. The van der Waals surface area contributed by atoms with Crippen molar-refractivity contribution in [2.75, 3.05) is 0 Å². The molecule has 0 aliphatic heterocycles. The molecule has 0 saturated carbocycles. The Kier molecular flexibility index (Phi) is 4.86. The highest BCUT2D eigenvalue weighted by molar-refractivity contribution is 6.28. The van der Waals surface area contributed by atoms with Gasteiger partial charge in [0.2, 0.25) is 5.69 Å². The molecule has 0 atom stereocenters. The van der Waals surface area contributed by atoms with Gasteiger partial charge in [0.15, 0.2) is 18.9 Å². The minimum absolute atomic E-state index is 0.582. The molecule has 4 aromatic rings. The Bertz CT molecular complexity index is 1050. The predicted octanol–water partition coefficient (Wildman–Crippen LogP) is 4.64. The summed E-state index contributed by atoms with van der Waals surface area (Å²) in [5, 5.41) is 12.0. The van der Waals surface area contributed by atoms with Gasteiger partial charge >= 0.3 is 0 Å². The standard InChI is InChI=1S/C23H18ClN2O/c24-23-16-21(19-7-3-1-4-8-19)15-22(20-9-5-2-6-10-20)26(23)17-18-11-13-25(27)14-12-18/h1-16H,17H2/q+1. The van der Waals surface area contributed by atoms with E-state index in [1.54, 1.807) is 0 Å². The van der Waals surface area contributed by atoms with Crippen LogP contribution >= 0.6 is 11.6 Å². The Morgan fingerprint density at radius 1 is 0.704 bits per heavy atom. The highest BCUT2D eigenvalue weighted by Gasteiger charge is 2.20. The molecule has 4 rings (SSSR count). The van der Waals surface area contributed by atoms with Gasteiger partial charge in [-0.05, 0) is 34.9 Å². The molecule has 0 bridgehead atoms. The maximum absolute atomic E-state index is 11.3. The molecule has 0 saturated heterocycles. The molecule has 2 aromatic carbocycles. The minimum Gasteiger partial charge on any atom is -0.619 e. The molecular formula is C23H18ClN2O+. The fraction of sp³-hybridized carbons (Fsp3) is 0.0435. The number of pyridine rings is 2. The average molecular weight is 374 g/mol. The third-order valence-corrected chi connectivity index (χ3v) is 4.82. The zero-order valence-corrected chi connectivity index (χ0v) is 15.4. The van der Waals surface area contributed by atoms with Crippen LogP contribution in [-0.4, -0.2) is 0 Å². The summed E-state index contributed by atoms with van der Waals surface area (Å²) in [6.07, 6.45) is 3.01. The zero-order valence-electron chi connectivity index (χ0n) is 14.6. The van der Waals surface area contributed by atoms with Crippen LogP contribution in [0.2, 0.25) is 5.15 Å².